The van der Waals surface area contributed by atoms with Crippen molar-refractivity contribution in [3.8, 4) is 11.1 Å². The number of nitrogens with one attached hydrogen (secondary N) is 4. The average molecular weight is 821 g/mol. The second-order valence-corrected chi connectivity index (χ2v) is 16.2. The van der Waals surface area contributed by atoms with Gasteiger partial charge in [0, 0.05) is 51.2 Å². The van der Waals surface area contributed by atoms with E-state index >= 15 is 0 Å². The van der Waals surface area contributed by atoms with Crippen molar-refractivity contribution in [2.24, 2.45) is 27.8 Å². The molecule has 2 aliphatic carbocycles. The molecule has 1 saturated heterocycles. The fourth-order valence-corrected chi connectivity index (χ4v) is 8.42. The molecule has 1 heterocycles. The van der Waals surface area contributed by atoms with Crippen molar-refractivity contribution in [2.75, 3.05) is 26.7 Å². The van der Waals surface area contributed by atoms with Crippen LogP contribution in [-0.2, 0) is 30.5 Å². The van der Waals surface area contributed by atoms with Crippen molar-refractivity contribution < 1.29 is 33.8 Å². The topological polar surface area (TPSA) is 186 Å². The summed E-state index contributed by atoms with van der Waals surface area (Å²) in [6.45, 7) is 6.46. The van der Waals surface area contributed by atoms with Crippen molar-refractivity contribution >= 4 is 36.1 Å². The van der Waals surface area contributed by atoms with Gasteiger partial charge in [-0.05, 0) is 71.8 Å². The predicted molar refractivity (Wildman–Crippen MR) is 228 cm³/mol. The van der Waals surface area contributed by atoms with Crippen LogP contribution in [0.1, 0.15) is 81.9 Å². The van der Waals surface area contributed by atoms with E-state index in [1.54, 1.807) is 7.05 Å². The molecule has 6 rings (SSSR count). The van der Waals surface area contributed by atoms with E-state index in [0.29, 0.717) is 19.6 Å². The monoisotopic (exact) mass is 820 g/mol. The fraction of sp³-hybridized carbons (Fsp3) is 0.478. The molecule has 1 saturated carbocycles. The summed E-state index contributed by atoms with van der Waals surface area (Å²) in [7, 11) is 1.65. The number of amides is 5. The van der Waals surface area contributed by atoms with Crippen molar-refractivity contribution in [1.29, 1.82) is 0 Å². The van der Waals surface area contributed by atoms with Crippen LogP contribution in [-0.4, -0.2) is 91.9 Å². The first-order valence-electron chi connectivity index (χ1n) is 21.2. The van der Waals surface area contributed by atoms with Crippen molar-refractivity contribution in [3.63, 3.8) is 0 Å². The number of carbonyl (C=O) groups is 4. The van der Waals surface area contributed by atoms with Gasteiger partial charge < -0.3 is 35.4 Å². The van der Waals surface area contributed by atoms with Gasteiger partial charge in [0.25, 0.3) is 0 Å². The largest absolute Gasteiger partial charge is 0.599 e. The standard InChI is InChI=1S/C46H59N7O7/c1-5-33(25-49-52-45(57)48-24-30-19-21-32(22-20-30)42(54)47-4)50-43(55)40-23-34(59-27-31-13-7-6-8-14-31)26-53(40)44(56)41(29(2)3)51-46(58)60-28-39-37-17-11-9-15-35(37)36-16-10-12-18-38(36)39/h6-18,25,29-30,32-34,39-41H,5,19-24,26-28H2,1-4H3,(H,47,54)(H,50,55)(H,51,58)(H2,48,52,57)/p-1/b49-25+/t30?,32?,33-,34+,40-,41-/m0/s1. The van der Waals surface area contributed by atoms with E-state index in [4.69, 9.17) is 9.47 Å². The lowest BCUT2D eigenvalue weighted by Gasteiger charge is -2.30. The first kappa shape index (κ1) is 43.8. The highest BCUT2D eigenvalue weighted by Gasteiger charge is 2.43. The van der Waals surface area contributed by atoms with E-state index in [0.717, 1.165) is 53.5 Å². The smallest absolute Gasteiger partial charge is 0.335 e. The van der Waals surface area contributed by atoms with E-state index in [1.165, 1.54) is 11.1 Å². The Morgan fingerprint density at radius 3 is 2.18 bits per heavy atom. The maximum absolute atomic E-state index is 14.4. The molecule has 1 aliphatic heterocycles. The van der Waals surface area contributed by atoms with Crippen LogP contribution in [0.25, 0.3) is 11.1 Å². The highest BCUT2D eigenvalue weighted by Crippen LogP contribution is 2.44. The molecule has 14 nitrogen and oxygen atoms in total. The number of hydrazone groups is 1. The maximum atomic E-state index is 14.4. The second kappa shape index (κ2) is 21.0. The molecule has 0 aromatic heterocycles. The summed E-state index contributed by atoms with van der Waals surface area (Å²) >= 11 is 0. The van der Waals surface area contributed by atoms with Gasteiger partial charge in [0.15, 0.2) is 0 Å². The molecule has 3 aromatic rings. The van der Waals surface area contributed by atoms with Crippen LogP contribution in [0.15, 0.2) is 89.0 Å². The quantitative estimate of drug-likeness (QED) is 0.0933. The summed E-state index contributed by atoms with van der Waals surface area (Å²) in [6, 6.07) is 22.7. The van der Waals surface area contributed by atoms with Gasteiger partial charge >= 0.3 is 6.03 Å². The van der Waals surface area contributed by atoms with Gasteiger partial charge in [-0.2, -0.15) is 5.10 Å². The molecular weight excluding hydrogens is 763 g/mol. The minimum atomic E-state index is -1.10. The SMILES string of the molecule is CC[C@@H](/C=N/NC(=O)NCC1CCC(C(=O)NC)CC1)NC(=O)[C@@H]1C[C@@H](OCc2ccccc2)CN1C(=O)[C@@H](N=C([O-])OCC1c2ccccc2-c2ccccc21)C(C)C. The number of aliphatic imine (C=N–C) groups is 1. The van der Waals surface area contributed by atoms with Gasteiger partial charge in [0.2, 0.25) is 17.7 Å². The van der Waals surface area contributed by atoms with Crippen LogP contribution in [0.4, 0.5) is 4.79 Å². The number of hydrogen-bond donors (Lipinski definition) is 4. The lowest BCUT2D eigenvalue weighted by Crippen LogP contribution is -2.52. The molecule has 0 spiro atoms. The highest BCUT2D eigenvalue weighted by atomic mass is 16.6. The molecule has 4 N–H and O–H groups in total. The van der Waals surface area contributed by atoms with E-state index in [-0.39, 0.29) is 49.2 Å². The molecular formula is C46H58N7O7-. The van der Waals surface area contributed by atoms with Crippen LogP contribution >= 0.6 is 0 Å². The Labute approximate surface area is 352 Å². The molecule has 14 heteroatoms. The Morgan fingerprint density at radius 1 is 0.900 bits per heavy atom. The van der Waals surface area contributed by atoms with Crippen LogP contribution < -0.4 is 26.5 Å². The van der Waals surface area contributed by atoms with E-state index in [1.807, 2.05) is 87.5 Å². The number of rotatable bonds is 16. The lowest BCUT2D eigenvalue weighted by atomic mass is 9.81. The Hall–Kier alpha value is -5.76. The number of carbonyl (C=O) groups excluding carboxylic acids is 4. The van der Waals surface area contributed by atoms with Crippen LogP contribution in [0, 0.1) is 17.8 Å². The van der Waals surface area contributed by atoms with Gasteiger partial charge in [0.1, 0.15) is 18.2 Å². The van der Waals surface area contributed by atoms with Crippen molar-refractivity contribution in [3.05, 3.63) is 95.6 Å². The van der Waals surface area contributed by atoms with Gasteiger partial charge in [-0.1, -0.05) is 99.6 Å². The Morgan fingerprint density at radius 2 is 1.55 bits per heavy atom. The zero-order chi connectivity index (χ0) is 42.6. The summed E-state index contributed by atoms with van der Waals surface area (Å²) in [5.74, 6) is -1.05. The fourth-order valence-electron chi connectivity index (χ4n) is 8.42. The third-order valence-electron chi connectivity index (χ3n) is 11.8. The summed E-state index contributed by atoms with van der Waals surface area (Å²) < 4.78 is 12.0. The van der Waals surface area contributed by atoms with E-state index in [9.17, 15) is 24.3 Å². The summed E-state index contributed by atoms with van der Waals surface area (Å²) in [6.07, 6.45) is 4.15. The number of nitrogens with zero attached hydrogens (tertiary/aromatic N) is 3. The van der Waals surface area contributed by atoms with E-state index < -0.39 is 48.2 Å². The molecule has 0 unspecified atom stereocenters. The van der Waals surface area contributed by atoms with Crippen LogP contribution in [0.5, 0.6) is 0 Å². The molecule has 5 amide bonds. The number of benzene rings is 3. The molecule has 0 radical (unpaired) electrons. The first-order valence-corrected chi connectivity index (χ1v) is 21.2. The zero-order valence-corrected chi connectivity index (χ0v) is 35.0. The number of likely N-dealkylation sites (tertiary alicyclic amines) is 1. The minimum absolute atomic E-state index is 0.0221. The van der Waals surface area contributed by atoms with Crippen LogP contribution in [0.2, 0.25) is 0 Å². The van der Waals surface area contributed by atoms with E-state index in [2.05, 4.69) is 43.6 Å². The summed E-state index contributed by atoms with van der Waals surface area (Å²) in [5, 5.41) is 26.0. The predicted octanol–water partition coefficient (Wildman–Crippen LogP) is 4.47. The van der Waals surface area contributed by atoms with Gasteiger partial charge in [-0.25, -0.2) is 10.2 Å². The van der Waals surface area contributed by atoms with Crippen molar-refractivity contribution in [2.45, 2.75) is 96.1 Å². The van der Waals surface area contributed by atoms with Gasteiger partial charge in [0.05, 0.1) is 18.8 Å². The molecule has 320 valence electrons. The zero-order valence-electron chi connectivity index (χ0n) is 35.0. The summed E-state index contributed by atoms with van der Waals surface area (Å²) in [4.78, 5) is 58.6. The second-order valence-electron chi connectivity index (χ2n) is 16.2. The Bertz CT molecular complexity index is 1950. The molecule has 3 aliphatic rings. The Kier molecular flexibility index (Phi) is 15.3. The lowest BCUT2D eigenvalue weighted by molar-refractivity contribution is -0.251. The third kappa shape index (κ3) is 11.1. The molecule has 0 bridgehead atoms. The summed E-state index contributed by atoms with van der Waals surface area (Å²) in [5.41, 5.74) is 7.78. The molecule has 3 aromatic carbocycles. The Balaban J connectivity index is 1.08. The third-order valence-corrected chi connectivity index (χ3v) is 11.8. The molecule has 4 atom stereocenters. The minimum Gasteiger partial charge on any atom is -0.599 e. The van der Waals surface area contributed by atoms with Gasteiger partial charge in [-0.3, -0.25) is 19.4 Å². The first-order chi connectivity index (χ1) is 29.1. The van der Waals surface area contributed by atoms with Gasteiger partial charge in [-0.15, -0.1) is 0 Å². The maximum Gasteiger partial charge on any atom is 0.335 e. The molecule has 60 heavy (non-hydrogen) atoms. The number of fused-ring (bicyclic) bond motifs is 3. The molecule has 2 fully saturated rings. The number of hydrogen-bond acceptors (Lipinski definition) is 9. The number of urea groups is 1. The normalized spacial score (nSPS) is 21.2. The average Bonchev–Trinajstić information content (AvgIpc) is 3.85. The highest BCUT2D eigenvalue weighted by molar-refractivity contribution is 5.92. The van der Waals surface area contributed by atoms with Crippen LogP contribution in [0.3, 0.4) is 0 Å². The number of ether oxygens (including phenoxy) is 2. The van der Waals surface area contributed by atoms with Crippen molar-refractivity contribution in [1.82, 2.24) is 26.3 Å².